The maximum absolute atomic E-state index is 11.9. The van der Waals surface area contributed by atoms with Crippen molar-refractivity contribution in [2.75, 3.05) is 0 Å². The smallest absolute Gasteiger partial charge is 0.334 e. The Bertz CT molecular complexity index is 601. The average Bonchev–Trinajstić information content (AvgIpc) is 3.06. The van der Waals surface area contributed by atoms with Crippen molar-refractivity contribution in [3.63, 3.8) is 0 Å². The summed E-state index contributed by atoms with van der Waals surface area (Å²) in [6.07, 6.45) is 9.81. The zero-order valence-corrected chi connectivity index (χ0v) is 14.9. The van der Waals surface area contributed by atoms with E-state index in [0.29, 0.717) is 12.0 Å². The van der Waals surface area contributed by atoms with Crippen LogP contribution in [0.1, 0.15) is 52.9 Å². The second-order valence-electron chi connectivity index (χ2n) is 7.97. The van der Waals surface area contributed by atoms with Crippen LogP contribution >= 0.6 is 0 Å². The molecule has 4 heteroatoms. The summed E-state index contributed by atoms with van der Waals surface area (Å²) in [5.74, 6) is -0.251. The Morgan fingerprint density at radius 2 is 2.04 bits per heavy atom. The first-order chi connectivity index (χ1) is 11.2. The van der Waals surface area contributed by atoms with Crippen LogP contribution < -0.4 is 0 Å². The second-order valence-corrected chi connectivity index (χ2v) is 7.97. The molecular formula is C20H28O4. The van der Waals surface area contributed by atoms with Gasteiger partial charge in [-0.15, -0.1) is 0 Å². The van der Waals surface area contributed by atoms with Gasteiger partial charge in [0.15, 0.2) is 0 Å². The number of ether oxygens (including phenoxy) is 2. The summed E-state index contributed by atoms with van der Waals surface area (Å²) in [6.45, 7) is 9.92. The van der Waals surface area contributed by atoms with Crippen LogP contribution in [0, 0.1) is 5.92 Å². The lowest BCUT2D eigenvalue weighted by molar-refractivity contribution is -0.137. The number of carbonyl (C=O) groups excluding carboxylic acids is 1. The second kappa shape index (κ2) is 6.16. The molecule has 0 bridgehead atoms. The molecule has 0 aromatic carbocycles. The molecule has 1 aliphatic carbocycles. The van der Waals surface area contributed by atoms with E-state index in [9.17, 15) is 9.90 Å². The highest BCUT2D eigenvalue weighted by molar-refractivity contribution is 5.91. The number of hydrogen-bond acceptors (Lipinski definition) is 4. The Morgan fingerprint density at radius 1 is 1.29 bits per heavy atom. The summed E-state index contributed by atoms with van der Waals surface area (Å²) in [6, 6.07) is 0. The minimum absolute atomic E-state index is 0.0316. The van der Waals surface area contributed by atoms with Gasteiger partial charge in [-0.2, -0.15) is 0 Å². The predicted octanol–water partition coefficient (Wildman–Crippen LogP) is 3.46. The predicted molar refractivity (Wildman–Crippen MR) is 92.4 cm³/mol. The molecule has 5 unspecified atom stereocenters. The lowest BCUT2D eigenvalue weighted by atomic mass is 9.85. The molecule has 0 saturated carbocycles. The lowest BCUT2D eigenvalue weighted by Gasteiger charge is -2.20. The summed E-state index contributed by atoms with van der Waals surface area (Å²) in [5.41, 5.74) is 0.742. The van der Waals surface area contributed by atoms with E-state index in [4.69, 9.17) is 9.47 Å². The number of rotatable bonds is 0. The molecule has 0 radical (unpaired) electrons. The minimum atomic E-state index is -0.812. The third-order valence-electron chi connectivity index (χ3n) is 5.61. The van der Waals surface area contributed by atoms with Gasteiger partial charge in [-0.25, -0.2) is 4.79 Å². The Hall–Kier alpha value is -1.39. The van der Waals surface area contributed by atoms with Crippen molar-refractivity contribution in [3.05, 3.63) is 36.0 Å². The fraction of sp³-hybridized carbons (Fsp3) is 0.650. The first-order valence-electron chi connectivity index (χ1n) is 8.85. The third kappa shape index (κ3) is 3.65. The highest BCUT2D eigenvalue weighted by Gasteiger charge is 2.52. The topological polar surface area (TPSA) is 59.1 Å². The Balaban J connectivity index is 1.82. The molecule has 1 N–H and O–H groups in total. The largest absolute Gasteiger partial charge is 0.454 e. The normalized spacial score (nSPS) is 43.3. The zero-order chi connectivity index (χ0) is 17.5. The van der Waals surface area contributed by atoms with Gasteiger partial charge in [0.25, 0.3) is 0 Å². The molecule has 0 spiro atoms. The van der Waals surface area contributed by atoms with E-state index in [1.54, 1.807) is 0 Å². The van der Waals surface area contributed by atoms with Crippen molar-refractivity contribution in [2.24, 2.45) is 5.92 Å². The highest BCUT2D eigenvalue weighted by Crippen LogP contribution is 2.46. The van der Waals surface area contributed by atoms with Crippen LogP contribution in [0.25, 0.3) is 0 Å². The molecule has 2 fully saturated rings. The van der Waals surface area contributed by atoms with Crippen molar-refractivity contribution in [2.45, 2.75) is 76.3 Å². The van der Waals surface area contributed by atoms with E-state index >= 15 is 0 Å². The monoisotopic (exact) mass is 332 g/mol. The van der Waals surface area contributed by atoms with Crippen LogP contribution in [0.5, 0.6) is 0 Å². The molecule has 0 aromatic heterocycles. The average molecular weight is 332 g/mol. The van der Waals surface area contributed by atoms with E-state index in [1.807, 2.05) is 32.1 Å². The van der Waals surface area contributed by atoms with Gasteiger partial charge >= 0.3 is 5.97 Å². The van der Waals surface area contributed by atoms with E-state index in [-0.39, 0.29) is 29.7 Å². The number of esters is 1. The maximum Gasteiger partial charge on any atom is 0.334 e. The van der Waals surface area contributed by atoms with Gasteiger partial charge in [0.2, 0.25) is 0 Å². The molecule has 2 heterocycles. The van der Waals surface area contributed by atoms with E-state index in [1.165, 1.54) is 0 Å². The molecule has 132 valence electrons. The molecule has 3 rings (SSSR count). The van der Waals surface area contributed by atoms with Crippen molar-refractivity contribution in [1.82, 2.24) is 0 Å². The molecule has 0 amide bonds. The van der Waals surface area contributed by atoms with E-state index in [2.05, 4.69) is 13.5 Å². The number of epoxide rings is 1. The molecule has 0 aromatic rings. The summed E-state index contributed by atoms with van der Waals surface area (Å²) in [7, 11) is 0. The summed E-state index contributed by atoms with van der Waals surface area (Å²) < 4.78 is 11.4. The third-order valence-corrected chi connectivity index (χ3v) is 5.61. The first kappa shape index (κ1) is 17.4. The van der Waals surface area contributed by atoms with Gasteiger partial charge in [-0.1, -0.05) is 24.3 Å². The fourth-order valence-corrected chi connectivity index (χ4v) is 3.79. The van der Waals surface area contributed by atoms with Gasteiger partial charge < -0.3 is 14.6 Å². The van der Waals surface area contributed by atoms with Crippen LogP contribution in [0.15, 0.2) is 36.0 Å². The molecular weight excluding hydrogens is 304 g/mol. The van der Waals surface area contributed by atoms with Gasteiger partial charge in [0.05, 0.1) is 17.3 Å². The highest BCUT2D eigenvalue weighted by atomic mass is 16.6. The minimum Gasteiger partial charge on any atom is -0.454 e. The van der Waals surface area contributed by atoms with Gasteiger partial charge in [-0.05, 0) is 59.0 Å². The van der Waals surface area contributed by atoms with E-state index in [0.717, 1.165) is 31.3 Å². The Kier molecular flexibility index (Phi) is 4.47. The number of carbonyl (C=O) groups is 1. The zero-order valence-electron chi connectivity index (χ0n) is 14.9. The molecule has 2 aliphatic heterocycles. The van der Waals surface area contributed by atoms with Gasteiger partial charge in [0.1, 0.15) is 6.10 Å². The van der Waals surface area contributed by atoms with Crippen LogP contribution in [0.4, 0.5) is 0 Å². The van der Waals surface area contributed by atoms with Crippen molar-refractivity contribution < 1.29 is 19.4 Å². The maximum atomic E-state index is 11.9. The number of allylic oxidation sites excluding steroid dienone is 2. The van der Waals surface area contributed by atoms with Crippen LogP contribution in [0.3, 0.4) is 0 Å². The van der Waals surface area contributed by atoms with Crippen LogP contribution in [0.2, 0.25) is 0 Å². The SMILES string of the molecule is C=C1C(=O)OC2C=C(C)CC=CC(C)(O)CCC3OC3(C)CCC12. The van der Waals surface area contributed by atoms with Crippen LogP contribution in [-0.4, -0.2) is 34.5 Å². The fourth-order valence-electron chi connectivity index (χ4n) is 3.79. The quantitative estimate of drug-likeness (QED) is 0.319. The van der Waals surface area contributed by atoms with Crippen molar-refractivity contribution in [3.8, 4) is 0 Å². The number of hydrogen-bond donors (Lipinski definition) is 1. The molecule has 24 heavy (non-hydrogen) atoms. The Labute approximate surface area is 144 Å². The molecule has 2 saturated heterocycles. The lowest BCUT2D eigenvalue weighted by Crippen LogP contribution is -2.23. The van der Waals surface area contributed by atoms with Crippen molar-refractivity contribution >= 4 is 5.97 Å². The number of aliphatic hydroxyl groups is 1. The first-order valence-corrected chi connectivity index (χ1v) is 8.85. The van der Waals surface area contributed by atoms with Crippen molar-refractivity contribution in [1.29, 1.82) is 0 Å². The molecule has 3 aliphatic rings. The number of fused-ring (bicyclic) bond motifs is 2. The Morgan fingerprint density at radius 3 is 2.79 bits per heavy atom. The summed E-state index contributed by atoms with van der Waals surface area (Å²) >= 11 is 0. The molecule has 5 atom stereocenters. The summed E-state index contributed by atoms with van der Waals surface area (Å²) in [4.78, 5) is 11.9. The summed E-state index contributed by atoms with van der Waals surface area (Å²) in [5, 5.41) is 10.5. The standard InChI is InChI=1S/C20H28O4/c1-13-6-5-9-19(3,22)10-8-17-20(4,24-17)11-7-15-14(2)18(21)23-16(15)12-13/h5,9,12,15-17,22H,2,6-8,10-11H2,1,3-4H3. The van der Waals surface area contributed by atoms with Gasteiger partial charge in [0, 0.05) is 11.5 Å². The van der Waals surface area contributed by atoms with Crippen LogP contribution in [-0.2, 0) is 14.3 Å². The van der Waals surface area contributed by atoms with E-state index < -0.39 is 5.60 Å². The molecule has 4 nitrogen and oxygen atoms in total. The van der Waals surface area contributed by atoms with Gasteiger partial charge in [-0.3, -0.25) is 0 Å².